The summed E-state index contributed by atoms with van der Waals surface area (Å²) in [6.45, 7) is 5.84. The zero-order valence-corrected chi connectivity index (χ0v) is 13.3. The lowest BCUT2D eigenvalue weighted by molar-refractivity contribution is 0.135. The molecule has 0 saturated heterocycles. The highest BCUT2D eigenvalue weighted by Crippen LogP contribution is 1.82. The highest BCUT2D eigenvalue weighted by Gasteiger charge is 2.09. The van der Waals surface area contributed by atoms with E-state index in [0.29, 0.717) is 0 Å². The van der Waals surface area contributed by atoms with Crippen molar-refractivity contribution in [3.63, 3.8) is 0 Å². The molecule has 0 aromatic carbocycles. The molecule has 0 aliphatic carbocycles. The van der Waals surface area contributed by atoms with Gasteiger partial charge in [0.15, 0.2) is 0 Å². The lowest BCUT2D eigenvalue weighted by Gasteiger charge is -2.02. The molecule has 0 amide bonds. The van der Waals surface area contributed by atoms with Crippen LogP contribution in [0.2, 0.25) is 0 Å². The van der Waals surface area contributed by atoms with Gasteiger partial charge in [-0.3, -0.25) is 0 Å². The smallest absolute Gasteiger partial charge is 0.394 e. The minimum absolute atomic E-state index is 0. The molecule has 0 heterocycles. The molecule has 1 radical (unpaired) electrons. The Morgan fingerprint density at radius 2 is 1.11 bits per heavy atom. The van der Waals surface area contributed by atoms with Crippen LogP contribution in [0.1, 0.15) is 26.7 Å². The number of rotatable bonds is 8. The third-order valence-corrected chi connectivity index (χ3v) is 2.30. The van der Waals surface area contributed by atoms with Gasteiger partial charge in [0.1, 0.15) is 0 Å². The molecule has 2 N–H and O–H groups in total. The Kier molecular flexibility index (Phi) is 44.8. The van der Waals surface area contributed by atoms with Crippen molar-refractivity contribution in [3.05, 3.63) is 0 Å². The molecule has 0 unspecified atom stereocenters. The van der Waals surface area contributed by atoms with Crippen molar-refractivity contribution in [3.8, 4) is 0 Å². The van der Waals surface area contributed by atoms with Crippen LogP contribution in [-0.4, -0.2) is 78.5 Å². The van der Waals surface area contributed by atoms with Crippen molar-refractivity contribution >= 4 is 20.5 Å². The van der Waals surface area contributed by atoms with Gasteiger partial charge in [0.2, 0.25) is 0 Å². The van der Waals surface area contributed by atoms with Crippen molar-refractivity contribution in [1.29, 1.82) is 0 Å². The van der Waals surface area contributed by atoms with Crippen LogP contribution in [0.5, 0.6) is 0 Å². The van der Waals surface area contributed by atoms with Crippen LogP contribution in [0, 0.1) is 0 Å². The second kappa shape index (κ2) is 30.9. The fraction of sp³-hybridized carbons (Fsp3) is 1.00. The summed E-state index contributed by atoms with van der Waals surface area (Å²) in [7, 11) is 3.31. The molecule has 6 nitrogen and oxygen atoms in total. The lowest BCUT2D eigenvalue weighted by Crippen LogP contribution is -2.21. The second-order valence-corrected chi connectivity index (χ2v) is 4.65. The molecule has 0 aliphatic heterocycles. The van der Waals surface area contributed by atoms with Crippen LogP contribution in [-0.2, 0) is 18.0 Å². The summed E-state index contributed by atoms with van der Waals surface area (Å²) in [5.74, 6) is 0. The van der Waals surface area contributed by atoms with E-state index in [9.17, 15) is 0 Å². The maximum Gasteiger partial charge on any atom is 0.576 e. The average Bonchev–Trinajstić information content (AvgIpc) is 2.42. The number of hydrogen-bond donors (Lipinski definition) is 2. The summed E-state index contributed by atoms with van der Waals surface area (Å²) >= 11 is 0. The maximum atomic E-state index is 7.62. The van der Waals surface area contributed by atoms with Crippen molar-refractivity contribution in [2.75, 3.05) is 47.8 Å². The minimum Gasteiger partial charge on any atom is -0.394 e. The molecule has 0 aromatic heterocycles. The van der Waals surface area contributed by atoms with E-state index in [1.165, 1.54) is 0 Å². The van der Waals surface area contributed by atoms with Crippen LogP contribution in [0.25, 0.3) is 0 Å². The molecule has 0 saturated carbocycles. The summed E-state index contributed by atoms with van der Waals surface area (Å²) in [5, 5.41) is 15.2. The fourth-order valence-corrected chi connectivity index (χ4v) is 1.14. The van der Waals surface area contributed by atoms with E-state index in [-0.39, 0.29) is 24.2 Å². The molecule has 0 bridgehead atoms. The third kappa shape index (κ3) is 38.1. The van der Waals surface area contributed by atoms with Crippen LogP contribution >= 0.6 is 0 Å². The number of hydrogen-bond acceptors (Lipinski definition) is 6. The first-order valence-corrected chi connectivity index (χ1v) is 7.19. The number of ether oxygens (including phenoxy) is 1. The Hall–Kier alpha value is 0.194. The molecular formula is C11H33O6Si2. The van der Waals surface area contributed by atoms with Crippen molar-refractivity contribution in [2.24, 2.45) is 0 Å². The number of aliphatic hydroxyl groups excluding tert-OH is 2. The molecule has 0 aliphatic rings. The van der Waals surface area contributed by atoms with E-state index < -0.39 is 9.53 Å². The summed E-state index contributed by atoms with van der Waals surface area (Å²) in [4.78, 5) is 0. The molecule has 0 aromatic rings. The second-order valence-electron chi connectivity index (χ2n) is 2.92. The quantitative estimate of drug-likeness (QED) is 0.453. The van der Waals surface area contributed by atoms with Gasteiger partial charge in [-0.25, -0.2) is 0 Å². The van der Waals surface area contributed by atoms with Gasteiger partial charge in [-0.15, -0.1) is 0 Å². The SMILES string of the molecule is CCCOCCC.CO[Si](OC)OC.OCCO.[SiH4]. The van der Waals surface area contributed by atoms with Gasteiger partial charge in [0.25, 0.3) is 0 Å². The van der Waals surface area contributed by atoms with Crippen molar-refractivity contribution < 1.29 is 28.2 Å². The first-order valence-electron chi connectivity index (χ1n) is 5.96. The van der Waals surface area contributed by atoms with Crippen LogP contribution in [0.3, 0.4) is 0 Å². The highest BCUT2D eigenvalue weighted by atomic mass is 28.3. The molecule has 121 valence electrons. The van der Waals surface area contributed by atoms with Gasteiger partial charge >= 0.3 is 9.53 Å². The van der Waals surface area contributed by atoms with Crippen LogP contribution in [0.15, 0.2) is 0 Å². The van der Waals surface area contributed by atoms with E-state index in [1.807, 2.05) is 0 Å². The molecule has 0 fully saturated rings. The Morgan fingerprint density at radius 1 is 0.789 bits per heavy atom. The zero-order chi connectivity index (χ0) is 14.6. The normalized spacial score (nSPS) is 8.84. The van der Waals surface area contributed by atoms with Gasteiger partial charge in [-0.2, -0.15) is 0 Å². The van der Waals surface area contributed by atoms with Gasteiger partial charge in [0.05, 0.1) is 13.2 Å². The monoisotopic (exact) mass is 317 g/mol. The van der Waals surface area contributed by atoms with E-state index in [2.05, 4.69) is 13.8 Å². The van der Waals surface area contributed by atoms with Gasteiger partial charge < -0.3 is 28.2 Å². The molecule has 0 rings (SSSR count). The zero-order valence-electron chi connectivity index (χ0n) is 12.3. The predicted octanol–water partition coefficient (Wildman–Crippen LogP) is -0.747. The molecule has 8 heteroatoms. The first-order chi connectivity index (χ1) is 8.67. The molecular weight excluding hydrogens is 284 g/mol. The first kappa shape index (κ1) is 27.5. The van der Waals surface area contributed by atoms with Gasteiger partial charge in [-0.05, 0) is 23.8 Å². The fourth-order valence-electron chi connectivity index (χ4n) is 0.641. The van der Waals surface area contributed by atoms with E-state index >= 15 is 0 Å². The summed E-state index contributed by atoms with van der Waals surface area (Å²) in [5.41, 5.74) is 0. The summed E-state index contributed by atoms with van der Waals surface area (Å²) in [6, 6.07) is 0. The van der Waals surface area contributed by atoms with Crippen LogP contribution in [0.4, 0.5) is 0 Å². The molecule has 19 heavy (non-hydrogen) atoms. The molecule has 0 atom stereocenters. The Bertz CT molecular complexity index is 106. The van der Waals surface area contributed by atoms with Gasteiger partial charge in [0, 0.05) is 34.5 Å². The van der Waals surface area contributed by atoms with Crippen LogP contribution < -0.4 is 0 Å². The summed E-state index contributed by atoms with van der Waals surface area (Å²) < 4.78 is 19.2. The van der Waals surface area contributed by atoms with E-state index in [4.69, 9.17) is 28.2 Å². The van der Waals surface area contributed by atoms with Crippen molar-refractivity contribution in [2.45, 2.75) is 26.7 Å². The lowest BCUT2D eigenvalue weighted by atomic mass is 10.5. The predicted molar refractivity (Wildman–Crippen MR) is 83.7 cm³/mol. The Morgan fingerprint density at radius 3 is 1.21 bits per heavy atom. The van der Waals surface area contributed by atoms with Crippen molar-refractivity contribution in [1.82, 2.24) is 0 Å². The highest BCUT2D eigenvalue weighted by molar-refractivity contribution is 6.36. The molecule has 0 spiro atoms. The summed E-state index contributed by atoms with van der Waals surface area (Å²) in [6.07, 6.45) is 2.28. The van der Waals surface area contributed by atoms with E-state index in [0.717, 1.165) is 26.1 Å². The average molecular weight is 318 g/mol. The minimum atomic E-state index is -1.36. The number of aliphatic hydroxyl groups is 2. The Balaban J connectivity index is -0.0000000900. The largest absolute Gasteiger partial charge is 0.576 e. The topological polar surface area (TPSA) is 77.4 Å². The van der Waals surface area contributed by atoms with E-state index in [1.54, 1.807) is 21.3 Å². The third-order valence-electron chi connectivity index (χ3n) is 1.30. The maximum absolute atomic E-state index is 7.62. The van der Waals surface area contributed by atoms with Gasteiger partial charge in [-0.1, -0.05) is 13.8 Å². The standard InChI is InChI=1S/C6H14O.C3H9O3Si.C2H6O2.H4Si/c1-3-5-7-6-4-2;1-4-7(5-2)6-3;3-1-2-4;/h3-6H2,1-2H3;1-3H3;3-4H,1-2H2;1H4. The Labute approximate surface area is 124 Å².